The summed E-state index contributed by atoms with van der Waals surface area (Å²) in [5.74, 6) is 0. The Labute approximate surface area is 107 Å². The number of hydrogen-bond donors (Lipinski definition) is 1. The standard InChI is InChI=1S/C12H22N2O2S/c1-5-10-11(7-15)17-12(13-10)14(6-2)9(3)8-16-4/h9,15H,5-8H2,1-4H3. The third-order valence-electron chi connectivity index (χ3n) is 2.77. The number of thiazole rings is 1. The van der Waals surface area contributed by atoms with Gasteiger partial charge in [-0.3, -0.25) is 0 Å². The van der Waals surface area contributed by atoms with Crippen molar-refractivity contribution in [2.45, 2.75) is 39.8 Å². The molecule has 0 amide bonds. The second-order valence-corrected chi connectivity index (χ2v) is 5.03. The summed E-state index contributed by atoms with van der Waals surface area (Å²) in [6, 6.07) is 0.299. The van der Waals surface area contributed by atoms with Gasteiger partial charge in [-0.25, -0.2) is 4.98 Å². The maximum absolute atomic E-state index is 9.29. The molecule has 0 fully saturated rings. The van der Waals surface area contributed by atoms with Gasteiger partial charge in [0.1, 0.15) is 0 Å². The van der Waals surface area contributed by atoms with E-state index in [1.54, 1.807) is 18.4 Å². The number of aryl methyl sites for hydroxylation is 1. The van der Waals surface area contributed by atoms with Gasteiger partial charge in [0.15, 0.2) is 5.13 Å². The molecule has 0 aliphatic rings. The van der Waals surface area contributed by atoms with Crippen molar-refractivity contribution in [3.05, 3.63) is 10.6 Å². The molecule has 0 radical (unpaired) electrons. The molecule has 0 aliphatic carbocycles. The molecular weight excluding hydrogens is 236 g/mol. The molecular formula is C12H22N2O2S. The average molecular weight is 258 g/mol. The van der Waals surface area contributed by atoms with Crippen molar-refractivity contribution in [1.29, 1.82) is 0 Å². The van der Waals surface area contributed by atoms with Gasteiger partial charge in [0.25, 0.3) is 0 Å². The zero-order valence-corrected chi connectivity index (χ0v) is 11.9. The van der Waals surface area contributed by atoms with Gasteiger partial charge in [-0.05, 0) is 20.3 Å². The van der Waals surface area contributed by atoms with Crippen molar-refractivity contribution >= 4 is 16.5 Å². The third-order valence-corrected chi connectivity index (χ3v) is 3.89. The number of ether oxygens (including phenoxy) is 1. The van der Waals surface area contributed by atoms with E-state index in [0.717, 1.165) is 28.7 Å². The predicted molar refractivity (Wildman–Crippen MR) is 71.8 cm³/mol. The highest BCUT2D eigenvalue weighted by atomic mass is 32.1. The number of rotatable bonds is 7. The van der Waals surface area contributed by atoms with Crippen LogP contribution in [0.3, 0.4) is 0 Å². The second kappa shape index (κ2) is 6.93. The number of likely N-dealkylation sites (N-methyl/N-ethyl adjacent to an activating group) is 1. The Kier molecular flexibility index (Phi) is 5.88. The fourth-order valence-corrected chi connectivity index (χ4v) is 3.03. The Morgan fingerprint density at radius 1 is 1.47 bits per heavy atom. The minimum atomic E-state index is 0.0804. The van der Waals surface area contributed by atoms with Gasteiger partial charge in [0.05, 0.1) is 29.8 Å². The molecule has 1 aromatic heterocycles. The van der Waals surface area contributed by atoms with E-state index in [-0.39, 0.29) is 6.61 Å². The summed E-state index contributed by atoms with van der Waals surface area (Å²) in [7, 11) is 1.71. The van der Waals surface area contributed by atoms with E-state index in [1.165, 1.54) is 0 Å². The van der Waals surface area contributed by atoms with E-state index in [1.807, 2.05) is 0 Å². The first kappa shape index (κ1) is 14.4. The van der Waals surface area contributed by atoms with Crippen LogP contribution in [0.2, 0.25) is 0 Å². The van der Waals surface area contributed by atoms with Crippen LogP contribution >= 0.6 is 11.3 Å². The number of hydrogen-bond acceptors (Lipinski definition) is 5. The topological polar surface area (TPSA) is 45.6 Å². The Hall–Kier alpha value is -0.650. The number of anilines is 1. The van der Waals surface area contributed by atoms with Gasteiger partial charge in [0, 0.05) is 13.7 Å². The van der Waals surface area contributed by atoms with Crippen molar-refractivity contribution in [1.82, 2.24) is 4.98 Å². The molecule has 4 nitrogen and oxygen atoms in total. The SMILES string of the molecule is CCc1nc(N(CC)C(C)COC)sc1CO. The Morgan fingerprint density at radius 2 is 2.18 bits per heavy atom. The molecule has 0 aromatic carbocycles. The lowest BCUT2D eigenvalue weighted by Crippen LogP contribution is -2.36. The van der Waals surface area contributed by atoms with E-state index in [9.17, 15) is 5.11 Å². The van der Waals surface area contributed by atoms with Gasteiger partial charge in [-0.15, -0.1) is 0 Å². The lowest BCUT2D eigenvalue weighted by atomic mass is 10.3. The van der Waals surface area contributed by atoms with Crippen LogP contribution in [-0.4, -0.2) is 36.4 Å². The Balaban J connectivity index is 2.91. The van der Waals surface area contributed by atoms with Crippen LogP contribution in [0, 0.1) is 0 Å². The zero-order valence-electron chi connectivity index (χ0n) is 11.1. The highest BCUT2D eigenvalue weighted by Gasteiger charge is 2.18. The summed E-state index contributed by atoms with van der Waals surface area (Å²) < 4.78 is 5.18. The van der Waals surface area contributed by atoms with Gasteiger partial charge >= 0.3 is 0 Å². The fourth-order valence-electron chi connectivity index (χ4n) is 1.86. The fraction of sp³-hybridized carbons (Fsp3) is 0.750. The van der Waals surface area contributed by atoms with Crippen molar-refractivity contribution < 1.29 is 9.84 Å². The first-order valence-corrected chi connectivity index (χ1v) is 6.84. The first-order chi connectivity index (χ1) is 8.17. The minimum Gasteiger partial charge on any atom is -0.391 e. The lowest BCUT2D eigenvalue weighted by molar-refractivity contribution is 0.182. The molecule has 0 spiro atoms. The third kappa shape index (κ3) is 3.40. The predicted octanol–water partition coefficient (Wildman–Crippen LogP) is 2.06. The average Bonchev–Trinajstić information content (AvgIpc) is 2.73. The van der Waals surface area contributed by atoms with Gasteiger partial charge in [0.2, 0.25) is 0 Å². The quantitative estimate of drug-likeness (QED) is 0.813. The minimum absolute atomic E-state index is 0.0804. The largest absolute Gasteiger partial charge is 0.391 e. The smallest absolute Gasteiger partial charge is 0.186 e. The van der Waals surface area contributed by atoms with Crippen LogP contribution in [0.5, 0.6) is 0 Å². The number of methoxy groups -OCH3 is 1. The van der Waals surface area contributed by atoms with E-state index < -0.39 is 0 Å². The first-order valence-electron chi connectivity index (χ1n) is 6.02. The van der Waals surface area contributed by atoms with E-state index in [0.29, 0.717) is 12.6 Å². The summed E-state index contributed by atoms with van der Waals surface area (Å²) in [6.45, 7) is 7.95. The number of aliphatic hydroxyl groups is 1. The summed E-state index contributed by atoms with van der Waals surface area (Å²) in [5, 5.41) is 10.3. The van der Waals surface area contributed by atoms with Gasteiger partial charge in [-0.1, -0.05) is 18.3 Å². The van der Waals surface area contributed by atoms with E-state index >= 15 is 0 Å². The van der Waals surface area contributed by atoms with E-state index in [4.69, 9.17) is 4.74 Å². The molecule has 1 rings (SSSR count). The number of nitrogens with zero attached hydrogens (tertiary/aromatic N) is 2. The molecule has 5 heteroatoms. The molecule has 1 unspecified atom stereocenters. The van der Waals surface area contributed by atoms with Crippen LogP contribution in [0.1, 0.15) is 31.3 Å². The molecule has 1 heterocycles. The van der Waals surface area contributed by atoms with Crippen molar-refractivity contribution in [3.63, 3.8) is 0 Å². The normalized spacial score (nSPS) is 12.8. The summed E-state index contributed by atoms with van der Waals surface area (Å²) >= 11 is 1.58. The molecule has 0 bridgehead atoms. The number of aliphatic hydroxyl groups excluding tert-OH is 1. The van der Waals surface area contributed by atoms with Crippen molar-refractivity contribution in [3.8, 4) is 0 Å². The second-order valence-electron chi connectivity index (χ2n) is 3.97. The van der Waals surface area contributed by atoms with Crippen molar-refractivity contribution in [2.75, 3.05) is 25.2 Å². The highest BCUT2D eigenvalue weighted by molar-refractivity contribution is 7.15. The maximum Gasteiger partial charge on any atom is 0.186 e. The lowest BCUT2D eigenvalue weighted by Gasteiger charge is -2.26. The van der Waals surface area contributed by atoms with Gasteiger partial charge in [-0.2, -0.15) is 0 Å². The molecule has 1 atom stereocenters. The van der Waals surface area contributed by atoms with Crippen molar-refractivity contribution in [2.24, 2.45) is 0 Å². The molecule has 0 aliphatic heterocycles. The summed E-state index contributed by atoms with van der Waals surface area (Å²) in [4.78, 5) is 7.80. The molecule has 98 valence electrons. The maximum atomic E-state index is 9.29. The summed E-state index contributed by atoms with van der Waals surface area (Å²) in [5.41, 5.74) is 1.01. The number of aromatic nitrogens is 1. The highest BCUT2D eigenvalue weighted by Crippen LogP contribution is 2.28. The van der Waals surface area contributed by atoms with Crippen LogP contribution in [0.4, 0.5) is 5.13 Å². The summed E-state index contributed by atoms with van der Waals surface area (Å²) in [6.07, 6.45) is 0.864. The molecule has 17 heavy (non-hydrogen) atoms. The van der Waals surface area contributed by atoms with Crippen LogP contribution < -0.4 is 4.90 Å². The molecule has 1 N–H and O–H groups in total. The van der Waals surface area contributed by atoms with Crippen LogP contribution in [0.25, 0.3) is 0 Å². The molecule has 1 aromatic rings. The van der Waals surface area contributed by atoms with Gasteiger partial charge < -0.3 is 14.7 Å². The van der Waals surface area contributed by atoms with Crippen LogP contribution in [0.15, 0.2) is 0 Å². The molecule has 0 saturated carbocycles. The van der Waals surface area contributed by atoms with Crippen LogP contribution in [-0.2, 0) is 17.8 Å². The Morgan fingerprint density at radius 3 is 2.59 bits per heavy atom. The monoisotopic (exact) mass is 258 g/mol. The molecule has 0 saturated heterocycles. The van der Waals surface area contributed by atoms with E-state index in [2.05, 4.69) is 30.7 Å². The Bertz CT molecular complexity index is 320. The zero-order chi connectivity index (χ0) is 12.8.